The average molecular weight is 444 g/mol. The zero-order valence-corrected chi connectivity index (χ0v) is 18.8. The molecule has 2 unspecified atom stereocenters. The van der Waals surface area contributed by atoms with Crippen molar-refractivity contribution in [3.05, 3.63) is 35.9 Å². The van der Waals surface area contributed by atoms with Crippen LogP contribution in [0, 0.1) is 11.8 Å². The molecule has 1 aromatic rings. The number of nitrogens with zero attached hydrogens (tertiary/aromatic N) is 1. The number of nitrogens with one attached hydrogen (secondary N) is 2. The topological polar surface area (TPSA) is 108 Å². The van der Waals surface area contributed by atoms with Gasteiger partial charge < -0.3 is 25.4 Å². The van der Waals surface area contributed by atoms with E-state index in [2.05, 4.69) is 10.6 Å². The SMILES string of the molecule is CC(C)NC(=O)C1N(CCCCO)C(=O)[C@@H]2[C@H](C(=O)NCc3ccccc3)[C@@H]3CCC12O3. The van der Waals surface area contributed by atoms with Crippen molar-refractivity contribution in [2.75, 3.05) is 13.2 Å². The van der Waals surface area contributed by atoms with E-state index in [-0.39, 0.29) is 36.5 Å². The number of aliphatic hydroxyl groups is 1. The maximum Gasteiger partial charge on any atom is 0.246 e. The molecule has 1 spiro atoms. The monoisotopic (exact) mass is 443 g/mol. The third kappa shape index (κ3) is 3.90. The second-order valence-corrected chi connectivity index (χ2v) is 9.38. The van der Waals surface area contributed by atoms with E-state index >= 15 is 0 Å². The number of aliphatic hydroxyl groups excluding tert-OH is 1. The van der Waals surface area contributed by atoms with Crippen LogP contribution in [0.15, 0.2) is 30.3 Å². The van der Waals surface area contributed by atoms with Crippen LogP contribution in [0.3, 0.4) is 0 Å². The zero-order chi connectivity index (χ0) is 22.9. The van der Waals surface area contributed by atoms with E-state index in [1.165, 1.54) is 0 Å². The maximum atomic E-state index is 13.6. The van der Waals surface area contributed by atoms with Gasteiger partial charge in [-0.05, 0) is 45.1 Å². The summed E-state index contributed by atoms with van der Waals surface area (Å²) < 4.78 is 6.36. The number of hydrogen-bond donors (Lipinski definition) is 3. The molecule has 5 atom stereocenters. The van der Waals surface area contributed by atoms with Gasteiger partial charge in [0, 0.05) is 25.7 Å². The van der Waals surface area contributed by atoms with E-state index < -0.39 is 23.5 Å². The summed E-state index contributed by atoms with van der Waals surface area (Å²) in [6.07, 6.45) is 2.02. The molecule has 3 fully saturated rings. The maximum absolute atomic E-state index is 13.6. The van der Waals surface area contributed by atoms with Gasteiger partial charge in [0.15, 0.2) is 0 Å². The van der Waals surface area contributed by atoms with E-state index in [9.17, 15) is 19.5 Å². The molecule has 3 aliphatic heterocycles. The highest BCUT2D eigenvalue weighted by Gasteiger charge is 2.74. The number of rotatable bonds is 9. The van der Waals surface area contributed by atoms with Gasteiger partial charge in [-0.3, -0.25) is 14.4 Å². The Kier molecular flexibility index (Phi) is 6.53. The van der Waals surface area contributed by atoms with Crippen molar-refractivity contribution >= 4 is 17.7 Å². The Hall–Kier alpha value is -2.45. The minimum absolute atomic E-state index is 0.0303. The number of amides is 3. The number of fused-ring (bicyclic) bond motifs is 1. The molecule has 0 aromatic heterocycles. The molecule has 8 nitrogen and oxygen atoms in total. The lowest BCUT2D eigenvalue weighted by Gasteiger charge is -2.34. The van der Waals surface area contributed by atoms with Crippen molar-refractivity contribution in [2.45, 2.75) is 69.9 Å². The van der Waals surface area contributed by atoms with Crippen molar-refractivity contribution in [1.82, 2.24) is 15.5 Å². The van der Waals surface area contributed by atoms with E-state index in [1.54, 1.807) is 4.90 Å². The highest BCUT2D eigenvalue weighted by Crippen LogP contribution is 2.58. The summed E-state index contributed by atoms with van der Waals surface area (Å²) in [6, 6.07) is 8.81. The van der Waals surface area contributed by atoms with Crippen LogP contribution in [-0.4, -0.2) is 64.7 Å². The molecule has 2 bridgehead atoms. The van der Waals surface area contributed by atoms with E-state index in [0.717, 1.165) is 5.56 Å². The number of ether oxygens (including phenoxy) is 1. The molecule has 0 radical (unpaired) electrons. The molecular weight excluding hydrogens is 410 g/mol. The third-order valence-corrected chi connectivity index (χ3v) is 6.90. The summed E-state index contributed by atoms with van der Waals surface area (Å²) >= 11 is 0. The molecule has 3 aliphatic rings. The van der Waals surface area contributed by atoms with Gasteiger partial charge in [-0.1, -0.05) is 30.3 Å². The molecule has 0 aliphatic carbocycles. The lowest BCUT2D eigenvalue weighted by Crippen LogP contribution is -2.56. The van der Waals surface area contributed by atoms with E-state index in [0.29, 0.717) is 38.8 Å². The fourth-order valence-corrected chi connectivity index (χ4v) is 5.65. The second kappa shape index (κ2) is 9.19. The molecule has 8 heteroatoms. The molecule has 3 amide bonds. The zero-order valence-electron chi connectivity index (χ0n) is 18.8. The van der Waals surface area contributed by atoms with Gasteiger partial charge >= 0.3 is 0 Å². The number of benzene rings is 1. The van der Waals surface area contributed by atoms with Crippen LogP contribution in [0.5, 0.6) is 0 Å². The van der Waals surface area contributed by atoms with Crippen LogP contribution in [0.1, 0.15) is 45.1 Å². The van der Waals surface area contributed by atoms with Crippen LogP contribution in [0.4, 0.5) is 0 Å². The number of carbonyl (C=O) groups is 3. The smallest absolute Gasteiger partial charge is 0.246 e. The quantitative estimate of drug-likeness (QED) is 0.493. The molecule has 3 saturated heterocycles. The predicted molar refractivity (Wildman–Crippen MR) is 117 cm³/mol. The van der Waals surface area contributed by atoms with Crippen molar-refractivity contribution in [2.24, 2.45) is 11.8 Å². The molecule has 0 saturated carbocycles. The van der Waals surface area contributed by atoms with Crippen LogP contribution in [0.2, 0.25) is 0 Å². The summed E-state index contributed by atoms with van der Waals surface area (Å²) in [5.41, 5.74) is 0.0199. The van der Waals surface area contributed by atoms with Crippen LogP contribution in [0.25, 0.3) is 0 Å². The number of likely N-dealkylation sites (tertiary alicyclic amines) is 1. The largest absolute Gasteiger partial charge is 0.396 e. The van der Waals surface area contributed by atoms with Gasteiger partial charge in [0.1, 0.15) is 11.6 Å². The van der Waals surface area contributed by atoms with Gasteiger partial charge in [-0.15, -0.1) is 0 Å². The minimum Gasteiger partial charge on any atom is -0.396 e. The van der Waals surface area contributed by atoms with Gasteiger partial charge in [0.2, 0.25) is 17.7 Å². The predicted octanol–water partition coefficient (Wildman–Crippen LogP) is 0.975. The fraction of sp³-hybridized carbons (Fsp3) is 0.625. The van der Waals surface area contributed by atoms with Crippen LogP contribution in [-0.2, 0) is 25.7 Å². The van der Waals surface area contributed by atoms with Crippen molar-refractivity contribution in [1.29, 1.82) is 0 Å². The molecule has 1 aromatic carbocycles. The lowest BCUT2D eigenvalue weighted by molar-refractivity contribution is -0.142. The number of carbonyl (C=O) groups excluding carboxylic acids is 3. The Morgan fingerprint density at radius 3 is 2.66 bits per heavy atom. The Balaban J connectivity index is 1.58. The first kappa shape index (κ1) is 22.7. The first-order chi connectivity index (χ1) is 15.4. The number of unbranched alkanes of at least 4 members (excludes halogenated alkanes) is 1. The molecule has 4 rings (SSSR count). The third-order valence-electron chi connectivity index (χ3n) is 6.90. The Morgan fingerprint density at radius 2 is 1.97 bits per heavy atom. The highest BCUT2D eigenvalue weighted by atomic mass is 16.5. The minimum atomic E-state index is -0.964. The van der Waals surface area contributed by atoms with Gasteiger partial charge in [0.05, 0.1) is 17.9 Å². The van der Waals surface area contributed by atoms with E-state index in [4.69, 9.17) is 4.74 Å². The average Bonchev–Trinajstić information content (AvgIpc) is 3.40. The van der Waals surface area contributed by atoms with Gasteiger partial charge in [0.25, 0.3) is 0 Å². The molecule has 3 N–H and O–H groups in total. The highest BCUT2D eigenvalue weighted by molar-refractivity contribution is 5.98. The second-order valence-electron chi connectivity index (χ2n) is 9.38. The Labute approximate surface area is 188 Å². The van der Waals surface area contributed by atoms with Crippen molar-refractivity contribution < 1.29 is 24.2 Å². The lowest BCUT2D eigenvalue weighted by atomic mass is 9.70. The van der Waals surface area contributed by atoms with Crippen molar-refractivity contribution in [3.63, 3.8) is 0 Å². The molecule has 3 heterocycles. The Morgan fingerprint density at radius 1 is 1.22 bits per heavy atom. The van der Waals surface area contributed by atoms with Crippen LogP contribution < -0.4 is 10.6 Å². The fourth-order valence-electron chi connectivity index (χ4n) is 5.65. The molecule has 32 heavy (non-hydrogen) atoms. The molecular formula is C24H33N3O5. The van der Waals surface area contributed by atoms with Crippen molar-refractivity contribution in [3.8, 4) is 0 Å². The van der Waals surface area contributed by atoms with E-state index in [1.807, 2.05) is 44.2 Å². The van der Waals surface area contributed by atoms with Crippen LogP contribution >= 0.6 is 0 Å². The summed E-state index contributed by atoms with van der Waals surface area (Å²) in [7, 11) is 0. The first-order valence-electron chi connectivity index (χ1n) is 11.6. The normalized spacial score (nSPS) is 30.6. The summed E-state index contributed by atoms with van der Waals surface area (Å²) in [6.45, 7) is 4.54. The Bertz CT molecular complexity index is 860. The standard InChI is InChI=1S/C24H33N3O5/c1-15(2)26-22(30)20-24-11-10-17(32-24)18(19(24)23(31)27(20)12-6-7-13-28)21(29)25-14-16-8-4-3-5-9-16/h3-5,8-9,15,17-20,28H,6-7,10-14H2,1-2H3,(H,25,29)(H,26,30)/t17-,18+,19-,20?,24?/m0/s1. The van der Waals surface area contributed by atoms with Gasteiger partial charge in [-0.2, -0.15) is 0 Å². The molecule has 174 valence electrons. The number of hydrogen-bond acceptors (Lipinski definition) is 5. The van der Waals surface area contributed by atoms with Gasteiger partial charge in [-0.25, -0.2) is 0 Å². The first-order valence-corrected chi connectivity index (χ1v) is 11.6. The summed E-state index contributed by atoms with van der Waals surface area (Å²) in [5, 5.41) is 15.1. The summed E-state index contributed by atoms with van der Waals surface area (Å²) in [4.78, 5) is 41.6. The summed E-state index contributed by atoms with van der Waals surface area (Å²) in [5.74, 6) is -1.87.